The van der Waals surface area contributed by atoms with Crippen LogP contribution in [0.25, 0.3) is 0 Å². The summed E-state index contributed by atoms with van der Waals surface area (Å²) in [5.41, 5.74) is 0. The molecule has 8 heteroatoms. The quantitative estimate of drug-likeness (QED) is 0.278. The largest absolute Gasteiger partial charge is 0.435 e. The molecule has 0 aromatic carbocycles. The topological polar surface area (TPSA) is 27.7 Å². The molecule has 0 spiro atoms. The number of hydrogen-bond donors (Lipinski definition) is 0. The summed E-state index contributed by atoms with van der Waals surface area (Å²) in [5, 5.41) is 0. The molecule has 0 atom stereocenters. The van der Waals surface area contributed by atoms with Crippen LogP contribution in [0.1, 0.15) is 0 Å². The van der Waals surface area contributed by atoms with Crippen LogP contribution < -0.4 is 0 Å². The molecule has 0 aliphatic rings. The second-order valence-electron chi connectivity index (χ2n) is 9.05. The van der Waals surface area contributed by atoms with Gasteiger partial charge >= 0.3 is 8.56 Å². The van der Waals surface area contributed by atoms with Gasteiger partial charge in [-0.3, -0.25) is 9.15 Å². The molecule has 0 heterocycles. The van der Waals surface area contributed by atoms with Crippen molar-refractivity contribution in [2.75, 3.05) is 0 Å². The molecule has 0 bridgehead atoms. The standard InChI is InChI=1S/C14H40O3Si5/c1-18(2)11-13-20(5,6)15-16-22(9,10)17-21(7,8)14-12-19(3)4/h18-19H,11-14H2,1-10H3. The van der Waals surface area contributed by atoms with Crippen molar-refractivity contribution in [3.8, 4) is 0 Å². The van der Waals surface area contributed by atoms with Gasteiger partial charge in [0.05, 0.1) is 0 Å². The van der Waals surface area contributed by atoms with Gasteiger partial charge in [0.15, 0.2) is 8.32 Å². The maximum absolute atomic E-state index is 6.48. The Morgan fingerprint density at radius 2 is 1.05 bits per heavy atom. The zero-order valence-electron chi connectivity index (χ0n) is 16.7. The minimum atomic E-state index is -2.18. The molecule has 0 aliphatic carbocycles. The molecule has 0 saturated heterocycles. The van der Waals surface area contributed by atoms with Crippen LogP contribution in [0, 0.1) is 0 Å². The Bertz CT molecular complexity index is 320. The van der Waals surface area contributed by atoms with Crippen LogP contribution in [0.4, 0.5) is 0 Å². The van der Waals surface area contributed by atoms with Crippen LogP contribution in [0.15, 0.2) is 0 Å². The lowest BCUT2D eigenvalue weighted by molar-refractivity contribution is -0.138. The predicted octanol–water partition coefficient (Wildman–Crippen LogP) is 5.04. The monoisotopic (exact) mass is 396 g/mol. The average Bonchev–Trinajstić information content (AvgIpc) is 2.31. The first-order chi connectivity index (χ1) is 9.75. The average molecular weight is 397 g/mol. The van der Waals surface area contributed by atoms with Crippen molar-refractivity contribution >= 4 is 42.8 Å². The fraction of sp³-hybridized carbons (Fsp3) is 1.00. The molecular weight excluding hydrogens is 357 g/mol. The molecule has 0 aliphatic heterocycles. The molecule has 3 nitrogen and oxygen atoms in total. The van der Waals surface area contributed by atoms with E-state index >= 15 is 0 Å². The summed E-state index contributed by atoms with van der Waals surface area (Å²) in [6, 6.07) is 5.20. The summed E-state index contributed by atoms with van der Waals surface area (Å²) in [7, 11) is -6.49. The molecule has 0 aromatic heterocycles. The van der Waals surface area contributed by atoms with Gasteiger partial charge in [-0.25, -0.2) is 0 Å². The van der Waals surface area contributed by atoms with Gasteiger partial charge < -0.3 is 4.12 Å². The molecule has 0 saturated carbocycles. The van der Waals surface area contributed by atoms with Crippen molar-refractivity contribution in [2.24, 2.45) is 0 Å². The van der Waals surface area contributed by atoms with E-state index in [1.54, 1.807) is 0 Å². The van der Waals surface area contributed by atoms with Crippen molar-refractivity contribution in [1.29, 1.82) is 0 Å². The van der Waals surface area contributed by atoms with Gasteiger partial charge in [0, 0.05) is 17.6 Å². The van der Waals surface area contributed by atoms with Gasteiger partial charge in [-0.05, 0) is 51.4 Å². The van der Waals surface area contributed by atoms with E-state index in [4.69, 9.17) is 13.3 Å². The minimum Gasteiger partial charge on any atom is -0.435 e. The molecule has 134 valence electrons. The Morgan fingerprint density at radius 3 is 1.45 bits per heavy atom. The summed E-state index contributed by atoms with van der Waals surface area (Å²) in [5.74, 6) is 0. The van der Waals surface area contributed by atoms with Crippen molar-refractivity contribution in [3.05, 3.63) is 0 Å². The van der Waals surface area contributed by atoms with E-state index in [1.807, 2.05) is 0 Å². The summed E-state index contributed by atoms with van der Waals surface area (Å²) in [4.78, 5) is 0. The van der Waals surface area contributed by atoms with E-state index < -0.39 is 42.8 Å². The fourth-order valence-electron chi connectivity index (χ4n) is 2.26. The number of rotatable bonds is 11. The Hall–Kier alpha value is 0.964. The van der Waals surface area contributed by atoms with Gasteiger partial charge in [0.2, 0.25) is 8.32 Å². The van der Waals surface area contributed by atoms with Gasteiger partial charge in [-0.1, -0.05) is 38.3 Å². The first kappa shape index (κ1) is 23.0. The highest BCUT2D eigenvalue weighted by Crippen LogP contribution is 2.24. The Kier molecular flexibility index (Phi) is 9.86. The third-order valence-electron chi connectivity index (χ3n) is 3.64. The fourth-order valence-corrected chi connectivity index (χ4v) is 20.1. The van der Waals surface area contributed by atoms with Crippen molar-refractivity contribution in [3.63, 3.8) is 0 Å². The van der Waals surface area contributed by atoms with Crippen LogP contribution in [-0.2, 0) is 13.3 Å². The maximum Gasteiger partial charge on any atom is 0.357 e. The van der Waals surface area contributed by atoms with Crippen LogP contribution in [0.5, 0.6) is 0 Å². The van der Waals surface area contributed by atoms with Crippen molar-refractivity contribution in [1.82, 2.24) is 0 Å². The third kappa shape index (κ3) is 12.4. The van der Waals surface area contributed by atoms with Crippen LogP contribution >= 0.6 is 0 Å². The molecule has 22 heavy (non-hydrogen) atoms. The zero-order valence-corrected chi connectivity index (χ0v) is 22.0. The summed E-state index contributed by atoms with van der Waals surface area (Å²) in [6.45, 7) is 23.1. The molecule has 0 aromatic rings. The van der Waals surface area contributed by atoms with E-state index in [-0.39, 0.29) is 0 Å². The van der Waals surface area contributed by atoms with Crippen LogP contribution in [0.2, 0.25) is 89.6 Å². The first-order valence-corrected chi connectivity index (χ1v) is 24.1. The molecule has 0 radical (unpaired) electrons. The molecule has 0 unspecified atom stereocenters. The van der Waals surface area contributed by atoms with Crippen LogP contribution in [0.3, 0.4) is 0 Å². The predicted molar refractivity (Wildman–Crippen MR) is 113 cm³/mol. The van der Waals surface area contributed by atoms with Crippen LogP contribution in [-0.4, -0.2) is 42.8 Å². The van der Waals surface area contributed by atoms with Crippen molar-refractivity contribution < 1.29 is 13.3 Å². The Balaban J connectivity index is 4.38. The van der Waals surface area contributed by atoms with Gasteiger partial charge in [0.1, 0.15) is 0 Å². The Labute approximate surface area is 145 Å². The molecule has 0 N–H and O–H groups in total. The first-order valence-electron chi connectivity index (χ1n) is 8.82. The van der Waals surface area contributed by atoms with Gasteiger partial charge in [0.25, 0.3) is 0 Å². The second kappa shape index (κ2) is 9.45. The SMILES string of the molecule is C[SiH](C)CC[Si](C)(C)OO[Si](C)(C)O[Si](C)(C)CC[SiH](C)C. The summed E-state index contributed by atoms with van der Waals surface area (Å²) >= 11 is 0. The van der Waals surface area contributed by atoms with Gasteiger partial charge in [-0.15, -0.1) is 0 Å². The highest BCUT2D eigenvalue weighted by atomic mass is 28.4. The molecule has 0 fully saturated rings. The third-order valence-corrected chi connectivity index (χ3v) is 16.0. The van der Waals surface area contributed by atoms with E-state index in [2.05, 4.69) is 65.5 Å². The smallest absolute Gasteiger partial charge is 0.357 e. The second-order valence-corrected chi connectivity index (χ2v) is 27.8. The highest BCUT2D eigenvalue weighted by Gasteiger charge is 2.38. The zero-order chi connectivity index (χ0) is 17.6. The van der Waals surface area contributed by atoms with E-state index in [0.29, 0.717) is 0 Å². The van der Waals surface area contributed by atoms with Crippen molar-refractivity contribution in [2.45, 2.75) is 89.6 Å². The lowest BCUT2D eigenvalue weighted by Gasteiger charge is -2.35. The summed E-state index contributed by atoms with van der Waals surface area (Å²) in [6.07, 6.45) is 0. The van der Waals surface area contributed by atoms with Gasteiger partial charge in [-0.2, -0.15) is 0 Å². The minimum absolute atomic E-state index is 0.492. The van der Waals surface area contributed by atoms with E-state index in [9.17, 15) is 0 Å². The normalized spacial score (nSPS) is 14.2. The summed E-state index contributed by atoms with van der Waals surface area (Å²) < 4.78 is 18.3. The lowest BCUT2D eigenvalue weighted by atomic mass is 10.9. The molecular formula is C14H40O3Si5. The molecule has 0 rings (SSSR count). The number of hydrogen-bond acceptors (Lipinski definition) is 3. The molecule has 0 amide bonds. The van der Waals surface area contributed by atoms with E-state index in [1.165, 1.54) is 24.2 Å². The Morgan fingerprint density at radius 1 is 0.636 bits per heavy atom. The van der Waals surface area contributed by atoms with E-state index in [0.717, 1.165) is 0 Å². The maximum atomic E-state index is 6.48. The lowest BCUT2D eigenvalue weighted by Crippen LogP contribution is -2.48. The highest BCUT2D eigenvalue weighted by molar-refractivity contribution is 6.83.